The topological polar surface area (TPSA) is 55.4 Å². The van der Waals surface area contributed by atoms with Crippen molar-refractivity contribution < 1.29 is 26.3 Å². The van der Waals surface area contributed by atoms with Gasteiger partial charge < -0.3 is 4.74 Å². The number of halogens is 4. The molecule has 0 aliphatic rings. The number of hydrogen-bond donors (Lipinski definition) is 1. The number of alkyl halides is 3. The fourth-order valence-electron chi connectivity index (χ4n) is 1.89. The summed E-state index contributed by atoms with van der Waals surface area (Å²) in [5.74, 6) is 0.615. The maximum Gasteiger partial charge on any atom is 0.417 e. The van der Waals surface area contributed by atoms with Crippen LogP contribution in [-0.2, 0) is 22.7 Å². The lowest BCUT2D eigenvalue weighted by Gasteiger charge is -2.12. The molecule has 0 aromatic heterocycles. The molecule has 0 saturated carbocycles. The monoisotopic (exact) mass is 423 g/mol. The molecule has 0 fully saturated rings. The van der Waals surface area contributed by atoms with Crippen molar-refractivity contribution >= 4 is 26.0 Å². The third kappa shape index (κ3) is 4.49. The molecule has 1 N–H and O–H groups in total. The zero-order chi connectivity index (χ0) is 18.0. The molecule has 0 aliphatic heterocycles. The van der Waals surface area contributed by atoms with E-state index in [1.165, 1.54) is 7.11 Å². The van der Waals surface area contributed by atoms with E-state index in [0.29, 0.717) is 17.4 Å². The molecule has 4 nitrogen and oxygen atoms in total. The molecular weight excluding hydrogens is 411 g/mol. The van der Waals surface area contributed by atoms with E-state index in [9.17, 15) is 21.6 Å². The minimum Gasteiger partial charge on any atom is -0.497 e. The van der Waals surface area contributed by atoms with Crippen LogP contribution in [-0.4, -0.2) is 15.5 Å². The van der Waals surface area contributed by atoms with Crippen LogP contribution < -0.4 is 9.46 Å². The Labute approximate surface area is 145 Å². The van der Waals surface area contributed by atoms with Crippen molar-refractivity contribution in [2.75, 3.05) is 7.11 Å². The summed E-state index contributed by atoms with van der Waals surface area (Å²) in [6.45, 7) is -0.0518. The number of ether oxygens (including phenoxy) is 1. The summed E-state index contributed by atoms with van der Waals surface area (Å²) < 4.78 is 70.1. The summed E-state index contributed by atoms with van der Waals surface area (Å²) in [4.78, 5) is -0.452. The van der Waals surface area contributed by atoms with Crippen LogP contribution in [0.4, 0.5) is 13.2 Å². The molecule has 0 bridgehead atoms. The predicted octanol–water partition coefficient (Wildman–Crippen LogP) is 3.96. The predicted molar refractivity (Wildman–Crippen MR) is 86.2 cm³/mol. The first-order valence-electron chi connectivity index (χ1n) is 6.63. The van der Waals surface area contributed by atoms with E-state index >= 15 is 0 Å². The highest BCUT2D eigenvalue weighted by Crippen LogP contribution is 2.36. The van der Waals surface area contributed by atoms with Crippen molar-refractivity contribution in [2.24, 2.45) is 0 Å². The van der Waals surface area contributed by atoms with Gasteiger partial charge >= 0.3 is 6.18 Å². The summed E-state index contributed by atoms with van der Waals surface area (Å²) in [6.07, 6.45) is -4.65. The van der Waals surface area contributed by atoms with Gasteiger partial charge in [0, 0.05) is 11.0 Å². The molecule has 2 aromatic carbocycles. The average molecular weight is 424 g/mol. The van der Waals surface area contributed by atoms with Crippen LogP contribution in [0.3, 0.4) is 0 Å². The summed E-state index contributed by atoms with van der Waals surface area (Å²) >= 11 is 2.78. The maximum absolute atomic E-state index is 12.9. The Hall–Kier alpha value is -1.58. The van der Waals surface area contributed by atoms with E-state index in [1.807, 2.05) is 0 Å². The van der Waals surface area contributed by atoms with Gasteiger partial charge in [-0.2, -0.15) is 13.2 Å². The number of hydrogen-bond acceptors (Lipinski definition) is 3. The molecule has 2 aromatic rings. The Bertz CT molecular complexity index is 821. The minimum absolute atomic E-state index is 0.0518. The number of nitrogens with one attached hydrogen (secondary N) is 1. The first-order chi connectivity index (χ1) is 11.1. The van der Waals surface area contributed by atoms with Gasteiger partial charge in [-0.25, -0.2) is 13.1 Å². The molecule has 0 amide bonds. The minimum atomic E-state index is -4.65. The zero-order valence-electron chi connectivity index (χ0n) is 12.4. The van der Waals surface area contributed by atoms with Crippen molar-refractivity contribution in [1.29, 1.82) is 0 Å². The molecule has 0 heterocycles. The van der Waals surface area contributed by atoms with Crippen molar-refractivity contribution in [3.8, 4) is 5.75 Å². The first-order valence-corrected chi connectivity index (χ1v) is 8.90. The van der Waals surface area contributed by atoms with Gasteiger partial charge in [0.05, 0.1) is 17.6 Å². The van der Waals surface area contributed by atoms with E-state index in [-0.39, 0.29) is 11.0 Å². The molecule has 24 heavy (non-hydrogen) atoms. The lowest BCUT2D eigenvalue weighted by atomic mass is 10.2. The highest BCUT2D eigenvalue weighted by molar-refractivity contribution is 9.10. The van der Waals surface area contributed by atoms with Gasteiger partial charge in [0.25, 0.3) is 0 Å². The maximum atomic E-state index is 12.9. The van der Waals surface area contributed by atoms with Crippen molar-refractivity contribution in [3.63, 3.8) is 0 Å². The summed E-state index contributed by atoms with van der Waals surface area (Å²) in [5.41, 5.74) is -0.401. The van der Waals surface area contributed by atoms with Crippen LogP contribution in [0, 0.1) is 0 Å². The molecular formula is C15H13BrF3NO3S. The molecule has 9 heteroatoms. The first kappa shape index (κ1) is 18.8. The van der Waals surface area contributed by atoms with Crippen LogP contribution in [0.2, 0.25) is 0 Å². The Balaban J connectivity index is 2.21. The van der Waals surface area contributed by atoms with E-state index in [2.05, 4.69) is 20.7 Å². The quantitative estimate of drug-likeness (QED) is 0.791. The van der Waals surface area contributed by atoms with Gasteiger partial charge in [0.2, 0.25) is 10.0 Å². The summed E-state index contributed by atoms with van der Waals surface area (Å²) in [7, 11) is -2.57. The highest BCUT2D eigenvalue weighted by atomic mass is 79.9. The number of methoxy groups -OCH3 is 1. The second kappa shape index (κ2) is 7.12. The van der Waals surface area contributed by atoms with Gasteiger partial charge in [-0.05, 0) is 35.9 Å². The van der Waals surface area contributed by atoms with Crippen LogP contribution >= 0.6 is 15.9 Å². The van der Waals surface area contributed by atoms with Gasteiger partial charge in [-0.1, -0.05) is 28.1 Å². The smallest absolute Gasteiger partial charge is 0.417 e. The SMILES string of the molecule is COc1ccc(CNS(=O)(=O)c2ccc(Br)c(C(F)(F)F)c2)cc1. The van der Waals surface area contributed by atoms with Crippen molar-refractivity contribution in [3.05, 3.63) is 58.1 Å². The normalized spacial score (nSPS) is 12.2. The lowest BCUT2D eigenvalue weighted by molar-refractivity contribution is -0.138. The Kier molecular flexibility index (Phi) is 5.56. The molecule has 0 spiro atoms. The fraction of sp³-hybridized carbons (Fsp3) is 0.200. The third-order valence-corrected chi connectivity index (χ3v) is 5.27. The highest BCUT2D eigenvalue weighted by Gasteiger charge is 2.34. The molecule has 0 radical (unpaired) electrons. The number of rotatable bonds is 5. The second-order valence-corrected chi connectivity index (χ2v) is 7.43. The van der Waals surface area contributed by atoms with Gasteiger partial charge in [-0.3, -0.25) is 0 Å². The molecule has 130 valence electrons. The van der Waals surface area contributed by atoms with Crippen LogP contribution in [0.1, 0.15) is 11.1 Å². The number of benzene rings is 2. The standard InChI is InChI=1S/C15H13BrF3NO3S/c1-23-11-4-2-10(3-5-11)9-20-24(21,22)12-6-7-14(16)13(8-12)15(17,18)19/h2-8,20H,9H2,1H3. The van der Waals surface area contributed by atoms with Gasteiger partial charge in [0.15, 0.2) is 0 Å². The van der Waals surface area contributed by atoms with E-state index in [0.717, 1.165) is 12.1 Å². The van der Waals surface area contributed by atoms with Crippen LogP contribution in [0.25, 0.3) is 0 Å². The van der Waals surface area contributed by atoms with Crippen LogP contribution in [0.5, 0.6) is 5.75 Å². The van der Waals surface area contributed by atoms with Crippen molar-refractivity contribution in [2.45, 2.75) is 17.6 Å². The van der Waals surface area contributed by atoms with Crippen LogP contribution in [0.15, 0.2) is 51.8 Å². The Morgan fingerprint density at radius 2 is 1.75 bits per heavy atom. The molecule has 0 unspecified atom stereocenters. The Morgan fingerprint density at radius 3 is 2.29 bits per heavy atom. The lowest BCUT2D eigenvalue weighted by Crippen LogP contribution is -2.23. The van der Waals surface area contributed by atoms with E-state index in [1.54, 1.807) is 24.3 Å². The van der Waals surface area contributed by atoms with Gasteiger partial charge in [0.1, 0.15) is 5.75 Å². The van der Waals surface area contributed by atoms with Gasteiger partial charge in [-0.15, -0.1) is 0 Å². The summed E-state index contributed by atoms with van der Waals surface area (Å²) in [6, 6.07) is 9.39. The third-order valence-electron chi connectivity index (χ3n) is 3.18. The molecule has 2 rings (SSSR count). The average Bonchev–Trinajstić information content (AvgIpc) is 2.52. The zero-order valence-corrected chi connectivity index (χ0v) is 14.8. The summed E-state index contributed by atoms with van der Waals surface area (Å²) in [5, 5.41) is 0. The second-order valence-electron chi connectivity index (χ2n) is 4.81. The van der Waals surface area contributed by atoms with E-state index < -0.39 is 26.7 Å². The molecule has 0 aliphatic carbocycles. The molecule has 0 saturated heterocycles. The number of sulfonamides is 1. The largest absolute Gasteiger partial charge is 0.497 e. The van der Waals surface area contributed by atoms with E-state index in [4.69, 9.17) is 4.74 Å². The van der Waals surface area contributed by atoms with Crippen molar-refractivity contribution in [1.82, 2.24) is 4.72 Å². The molecule has 0 atom stereocenters. The fourth-order valence-corrected chi connectivity index (χ4v) is 3.41. The Morgan fingerprint density at radius 1 is 1.12 bits per heavy atom.